The van der Waals surface area contributed by atoms with Crippen molar-refractivity contribution in [2.24, 2.45) is 7.05 Å². The maximum Gasteiger partial charge on any atom is 0.182 e. The second kappa shape index (κ2) is 3.51. The van der Waals surface area contributed by atoms with E-state index in [9.17, 15) is 0 Å². The normalized spacial score (nSPS) is 10.9. The van der Waals surface area contributed by atoms with Crippen LogP contribution in [0.4, 0.5) is 5.82 Å². The van der Waals surface area contributed by atoms with Gasteiger partial charge in [-0.15, -0.1) is 0 Å². The third kappa shape index (κ3) is 1.50. The van der Waals surface area contributed by atoms with Crippen LogP contribution < -0.4 is 5.73 Å². The topological polar surface area (TPSA) is 82.5 Å². The molecular weight excluding hydrogens is 216 g/mol. The first-order chi connectivity index (χ1) is 8.25. The molecule has 0 fully saturated rings. The molecule has 3 aromatic heterocycles. The zero-order valence-corrected chi connectivity index (χ0v) is 9.20. The second-order valence-corrected chi connectivity index (χ2v) is 3.65. The average molecular weight is 226 g/mol. The van der Waals surface area contributed by atoms with E-state index in [1.807, 2.05) is 25.2 Å². The van der Waals surface area contributed by atoms with Crippen LogP contribution in [0.25, 0.3) is 22.6 Å². The molecule has 0 aliphatic carbocycles. The van der Waals surface area contributed by atoms with Crippen molar-refractivity contribution in [3.8, 4) is 11.5 Å². The van der Waals surface area contributed by atoms with Crippen LogP contribution in [0, 0.1) is 0 Å². The Kier molecular flexibility index (Phi) is 2.01. The summed E-state index contributed by atoms with van der Waals surface area (Å²) in [6.07, 6.45) is 3.36. The number of rotatable bonds is 1. The number of hydrogen-bond acceptors (Lipinski definition) is 5. The lowest BCUT2D eigenvalue weighted by Gasteiger charge is -2.02. The number of nitrogen functional groups attached to an aromatic ring is 1. The van der Waals surface area contributed by atoms with Crippen LogP contribution in [0.5, 0.6) is 0 Å². The van der Waals surface area contributed by atoms with Crippen molar-refractivity contribution in [1.82, 2.24) is 24.7 Å². The van der Waals surface area contributed by atoms with E-state index in [4.69, 9.17) is 5.73 Å². The molecule has 0 bridgehead atoms. The maximum atomic E-state index is 5.88. The van der Waals surface area contributed by atoms with Crippen molar-refractivity contribution in [3.63, 3.8) is 0 Å². The van der Waals surface area contributed by atoms with Crippen molar-refractivity contribution in [2.75, 3.05) is 5.73 Å². The summed E-state index contributed by atoms with van der Waals surface area (Å²) in [4.78, 5) is 12.8. The van der Waals surface area contributed by atoms with Crippen molar-refractivity contribution in [1.29, 1.82) is 0 Å². The summed E-state index contributed by atoms with van der Waals surface area (Å²) in [5, 5.41) is 4.86. The largest absolute Gasteiger partial charge is 0.383 e. The van der Waals surface area contributed by atoms with Crippen LogP contribution in [0.1, 0.15) is 0 Å². The smallest absolute Gasteiger partial charge is 0.182 e. The first-order valence-corrected chi connectivity index (χ1v) is 5.12. The van der Waals surface area contributed by atoms with Gasteiger partial charge >= 0.3 is 0 Å². The molecule has 0 aliphatic rings. The Morgan fingerprint density at radius 3 is 2.88 bits per heavy atom. The van der Waals surface area contributed by atoms with Gasteiger partial charge in [0, 0.05) is 13.2 Å². The molecule has 2 N–H and O–H groups in total. The van der Waals surface area contributed by atoms with E-state index in [-0.39, 0.29) is 0 Å². The van der Waals surface area contributed by atoms with E-state index < -0.39 is 0 Å². The molecule has 0 unspecified atom stereocenters. The van der Waals surface area contributed by atoms with Crippen LogP contribution in [-0.2, 0) is 7.05 Å². The molecule has 0 amide bonds. The summed E-state index contributed by atoms with van der Waals surface area (Å²) in [5.41, 5.74) is 7.28. The molecule has 6 heteroatoms. The minimum atomic E-state index is 0.420. The lowest BCUT2D eigenvalue weighted by molar-refractivity contribution is 0.786. The van der Waals surface area contributed by atoms with E-state index in [0.29, 0.717) is 23.0 Å². The Labute approximate surface area is 97.1 Å². The van der Waals surface area contributed by atoms with E-state index in [0.717, 1.165) is 5.39 Å². The molecule has 6 nitrogen and oxygen atoms in total. The van der Waals surface area contributed by atoms with Gasteiger partial charge in [0.2, 0.25) is 0 Å². The Bertz CT molecular complexity index is 673. The van der Waals surface area contributed by atoms with Gasteiger partial charge in [-0.05, 0) is 12.1 Å². The van der Waals surface area contributed by atoms with Gasteiger partial charge in [-0.3, -0.25) is 9.67 Å². The predicted octanol–water partition coefficient (Wildman–Crippen LogP) is 1.01. The number of pyridine rings is 1. The molecule has 0 atom stereocenters. The van der Waals surface area contributed by atoms with Gasteiger partial charge in [0.1, 0.15) is 11.5 Å². The molecular formula is C11H10N6. The molecule has 84 valence electrons. The summed E-state index contributed by atoms with van der Waals surface area (Å²) in [6.45, 7) is 0. The number of aromatic nitrogens is 5. The number of aryl methyl sites for hydroxylation is 1. The van der Waals surface area contributed by atoms with Gasteiger partial charge in [-0.1, -0.05) is 6.07 Å². The van der Waals surface area contributed by atoms with Crippen LogP contribution in [-0.4, -0.2) is 24.7 Å². The second-order valence-electron chi connectivity index (χ2n) is 3.65. The van der Waals surface area contributed by atoms with E-state index in [2.05, 4.69) is 20.1 Å². The van der Waals surface area contributed by atoms with Gasteiger partial charge in [-0.2, -0.15) is 5.10 Å². The molecule has 0 aromatic carbocycles. The molecule has 3 heterocycles. The summed E-state index contributed by atoms with van der Waals surface area (Å²) < 4.78 is 1.67. The number of hydrogen-bond donors (Lipinski definition) is 1. The highest BCUT2D eigenvalue weighted by Crippen LogP contribution is 2.20. The molecule has 17 heavy (non-hydrogen) atoms. The fourth-order valence-electron chi connectivity index (χ4n) is 1.65. The summed E-state index contributed by atoms with van der Waals surface area (Å²) in [7, 11) is 1.82. The van der Waals surface area contributed by atoms with Crippen LogP contribution in [0.3, 0.4) is 0 Å². The molecule has 3 aromatic rings. The van der Waals surface area contributed by atoms with Crippen molar-refractivity contribution < 1.29 is 0 Å². The fraction of sp³-hybridized carbons (Fsp3) is 0.0909. The Morgan fingerprint density at radius 2 is 2.12 bits per heavy atom. The SMILES string of the molecule is Cn1ncc2c(N)nc(-c3ccccn3)nc21. The molecule has 0 spiro atoms. The van der Waals surface area contributed by atoms with Crippen LogP contribution in [0.15, 0.2) is 30.6 Å². The highest BCUT2D eigenvalue weighted by atomic mass is 15.3. The monoisotopic (exact) mass is 226 g/mol. The molecule has 0 aliphatic heterocycles. The minimum Gasteiger partial charge on any atom is -0.383 e. The van der Waals surface area contributed by atoms with Gasteiger partial charge in [-0.25, -0.2) is 9.97 Å². The quantitative estimate of drug-likeness (QED) is 0.669. The zero-order valence-electron chi connectivity index (χ0n) is 9.20. The Balaban J connectivity index is 2.28. The highest BCUT2D eigenvalue weighted by Gasteiger charge is 2.10. The molecule has 0 saturated carbocycles. The van der Waals surface area contributed by atoms with Crippen molar-refractivity contribution in [3.05, 3.63) is 30.6 Å². The summed E-state index contributed by atoms with van der Waals surface area (Å²) in [6, 6.07) is 5.57. The first kappa shape index (κ1) is 9.71. The highest BCUT2D eigenvalue weighted by molar-refractivity contribution is 5.86. The summed E-state index contributed by atoms with van der Waals surface area (Å²) >= 11 is 0. The van der Waals surface area contributed by atoms with Gasteiger partial charge < -0.3 is 5.73 Å². The van der Waals surface area contributed by atoms with Crippen molar-refractivity contribution >= 4 is 16.9 Å². The fourth-order valence-corrected chi connectivity index (χ4v) is 1.65. The minimum absolute atomic E-state index is 0.420. The van der Waals surface area contributed by atoms with Crippen LogP contribution in [0.2, 0.25) is 0 Å². The average Bonchev–Trinajstić information content (AvgIpc) is 2.73. The first-order valence-electron chi connectivity index (χ1n) is 5.12. The standard InChI is InChI=1S/C11H10N6/c1-17-11-7(6-14-17)9(12)15-10(16-11)8-4-2-3-5-13-8/h2-6H,1H3,(H2,12,15,16). The van der Waals surface area contributed by atoms with Crippen LogP contribution >= 0.6 is 0 Å². The van der Waals surface area contributed by atoms with E-state index >= 15 is 0 Å². The zero-order chi connectivity index (χ0) is 11.8. The lowest BCUT2D eigenvalue weighted by Crippen LogP contribution is -2.00. The summed E-state index contributed by atoms with van der Waals surface area (Å²) in [5.74, 6) is 0.933. The number of nitrogens with two attached hydrogens (primary N) is 1. The maximum absolute atomic E-state index is 5.88. The molecule has 3 rings (SSSR count). The van der Waals surface area contributed by atoms with Gasteiger partial charge in [0.15, 0.2) is 11.5 Å². The van der Waals surface area contributed by atoms with Crippen molar-refractivity contribution in [2.45, 2.75) is 0 Å². The molecule has 0 radical (unpaired) electrons. The third-order valence-corrected chi connectivity index (χ3v) is 2.52. The lowest BCUT2D eigenvalue weighted by atomic mass is 10.3. The number of nitrogens with zero attached hydrogens (tertiary/aromatic N) is 5. The Hall–Kier alpha value is -2.50. The van der Waals surface area contributed by atoms with E-state index in [1.54, 1.807) is 17.1 Å². The predicted molar refractivity (Wildman–Crippen MR) is 63.9 cm³/mol. The third-order valence-electron chi connectivity index (χ3n) is 2.52. The Morgan fingerprint density at radius 1 is 1.24 bits per heavy atom. The van der Waals surface area contributed by atoms with Gasteiger partial charge in [0.25, 0.3) is 0 Å². The van der Waals surface area contributed by atoms with E-state index in [1.165, 1.54) is 0 Å². The van der Waals surface area contributed by atoms with Gasteiger partial charge in [0.05, 0.1) is 11.6 Å². The number of fused-ring (bicyclic) bond motifs is 1. The molecule has 0 saturated heterocycles. The number of anilines is 1.